The third-order valence-electron chi connectivity index (χ3n) is 3.83. The number of rotatable bonds is 7. The van der Waals surface area contributed by atoms with Gasteiger partial charge in [-0.15, -0.1) is 0 Å². The monoisotopic (exact) mass is 399 g/mol. The zero-order valence-corrected chi connectivity index (χ0v) is 15.9. The molecule has 0 aliphatic carbocycles. The quantitative estimate of drug-likeness (QED) is 0.600. The Balaban J connectivity index is 1.60. The van der Waals surface area contributed by atoms with E-state index in [0.29, 0.717) is 28.0 Å². The highest BCUT2D eigenvalue weighted by molar-refractivity contribution is 6.30. The molecule has 8 heteroatoms. The first-order valence-corrected chi connectivity index (χ1v) is 9.09. The summed E-state index contributed by atoms with van der Waals surface area (Å²) in [6, 6.07) is 13.7. The fourth-order valence-electron chi connectivity index (χ4n) is 2.48. The number of nitrogens with one attached hydrogen (secondary N) is 1. The first-order chi connectivity index (χ1) is 13.6. The van der Waals surface area contributed by atoms with Crippen molar-refractivity contribution < 1.29 is 18.8 Å². The lowest BCUT2D eigenvalue weighted by Crippen LogP contribution is -2.16. The number of nitrogens with zero attached hydrogens (tertiary/aromatic N) is 2. The van der Waals surface area contributed by atoms with Gasteiger partial charge in [0.15, 0.2) is 0 Å². The molecule has 1 aromatic heterocycles. The van der Waals surface area contributed by atoms with Gasteiger partial charge in [-0.25, -0.2) is 4.79 Å². The van der Waals surface area contributed by atoms with Crippen LogP contribution in [0, 0.1) is 0 Å². The van der Waals surface area contributed by atoms with Crippen LogP contribution in [0.3, 0.4) is 0 Å². The minimum atomic E-state index is -0.483. The van der Waals surface area contributed by atoms with Crippen molar-refractivity contribution in [1.82, 2.24) is 10.1 Å². The molecule has 0 radical (unpaired) electrons. The highest BCUT2D eigenvalue weighted by Crippen LogP contribution is 2.20. The lowest BCUT2D eigenvalue weighted by atomic mass is 10.1. The van der Waals surface area contributed by atoms with Gasteiger partial charge in [0.05, 0.1) is 17.9 Å². The van der Waals surface area contributed by atoms with E-state index in [1.54, 1.807) is 55.5 Å². The third-order valence-corrected chi connectivity index (χ3v) is 4.08. The van der Waals surface area contributed by atoms with E-state index < -0.39 is 5.97 Å². The maximum atomic E-state index is 12.3. The van der Waals surface area contributed by atoms with Gasteiger partial charge < -0.3 is 14.6 Å². The van der Waals surface area contributed by atoms with Crippen LogP contribution in [0.5, 0.6) is 0 Å². The molecule has 1 heterocycles. The van der Waals surface area contributed by atoms with Gasteiger partial charge in [0.25, 0.3) is 0 Å². The van der Waals surface area contributed by atoms with Crippen molar-refractivity contribution in [3.05, 3.63) is 65.0 Å². The molecule has 0 atom stereocenters. The van der Waals surface area contributed by atoms with E-state index in [4.69, 9.17) is 20.9 Å². The Hall–Kier alpha value is -3.19. The molecule has 0 fully saturated rings. The SMILES string of the molecule is CCOC(=O)c1ccccc1NC(=O)CCc1nc(-c2ccc(Cl)cc2)no1. The molecule has 3 aromatic rings. The number of ether oxygens (including phenoxy) is 1. The predicted molar refractivity (Wildman–Crippen MR) is 104 cm³/mol. The Morgan fingerprint density at radius 1 is 1.14 bits per heavy atom. The van der Waals surface area contributed by atoms with Crippen LogP contribution in [0.1, 0.15) is 29.6 Å². The summed E-state index contributed by atoms with van der Waals surface area (Å²) in [4.78, 5) is 28.5. The molecular weight excluding hydrogens is 382 g/mol. The fraction of sp³-hybridized carbons (Fsp3) is 0.200. The number of carbonyl (C=O) groups is 2. The molecule has 0 saturated heterocycles. The Kier molecular flexibility index (Phi) is 6.39. The molecule has 0 saturated carbocycles. The molecule has 0 aliphatic heterocycles. The van der Waals surface area contributed by atoms with E-state index in [1.807, 2.05) is 0 Å². The van der Waals surface area contributed by atoms with E-state index in [1.165, 1.54) is 0 Å². The van der Waals surface area contributed by atoms with E-state index in [-0.39, 0.29) is 25.4 Å². The summed E-state index contributed by atoms with van der Waals surface area (Å²) < 4.78 is 10.2. The van der Waals surface area contributed by atoms with Crippen molar-refractivity contribution in [1.29, 1.82) is 0 Å². The number of esters is 1. The third kappa shape index (κ3) is 4.95. The number of hydrogen-bond donors (Lipinski definition) is 1. The van der Waals surface area contributed by atoms with Gasteiger partial charge in [-0.05, 0) is 43.3 Å². The molecule has 0 unspecified atom stereocenters. The minimum absolute atomic E-state index is 0.124. The van der Waals surface area contributed by atoms with Crippen LogP contribution in [-0.4, -0.2) is 28.6 Å². The van der Waals surface area contributed by atoms with Crippen LogP contribution in [0.25, 0.3) is 11.4 Å². The second-order valence-electron chi connectivity index (χ2n) is 5.83. The van der Waals surface area contributed by atoms with Gasteiger partial charge in [0.2, 0.25) is 17.6 Å². The largest absolute Gasteiger partial charge is 0.462 e. The number of halogens is 1. The molecule has 1 amide bonds. The first kappa shape index (κ1) is 19.6. The predicted octanol–water partition coefficient (Wildman–Crippen LogP) is 4.14. The van der Waals surface area contributed by atoms with Crippen molar-refractivity contribution in [3.8, 4) is 11.4 Å². The summed E-state index contributed by atoms with van der Waals surface area (Å²) >= 11 is 5.87. The number of aryl methyl sites for hydroxylation is 1. The molecule has 2 aromatic carbocycles. The van der Waals surface area contributed by atoms with Crippen LogP contribution >= 0.6 is 11.6 Å². The van der Waals surface area contributed by atoms with Crippen LogP contribution in [0.4, 0.5) is 5.69 Å². The minimum Gasteiger partial charge on any atom is -0.462 e. The smallest absolute Gasteiger partial charge is 0.340 e. The fourth-order valence-corrected chi connectivity index (χ4v) is 2.61. The zero-order chi connectivity index (χ0) is 19.9. The molecular formula is C20H18ClN3O4. The zero-order valence-electron chi connectivity index (χ0n) is 15.1. The van der Waals surface area contributed by atoms with Gasteiger partial charge in [0, 0.05) is 23.4 Å². The number of amides is 1. The summed E-state index contributed by atoms with van der Waals surface area (Å²) in [6.45, 7) is 1.98. The summed E-state index contributed by atoms with van der Waals surface area (Å²) in [5.41, 5.74) is 1.48. The van der Waals surface area contributed by atoms with Gasteiger partial charge >= 0.3 is 5.97 Å². The number of aromatic nitrogens is 2. The molecule has 0 spiro atoms. The average Bonchev–Trinajstić information content (AvgIpc) is 3.16. The number of hydrogen-bond acceptors (Lipinski definition) is 6. The molecule has 0 bridgehead atoms. The number of carbonyl (C=O) groups excluding carboxylic acids is 2. The molecule has 28 heavy (non-hydrogen) atoms. The highest BCUT2D eigenvalue weighted by atomic mass is 35.5. The van der Waals surface area contributed by atoms with Gasteiger partial charge in [-0.2, -0.15) is 4.98 Å². The van der Waals surface area contributed by atoms with Crippen LogP contribution < -0.4 is 5.32 Å². The maximum absolute atomic E-state index is 12.3. The summed E-state index contributed by atoms with van der Waals surface area (Å²) in [6.07, 6.45) is 0.396. The lowest BCUT2D eigenvalue weighted by Gasteiger charge is -2.09. The Labute approximate surface area is 166 Å². The van der Waals surface area contributed by atoms with Crippen molar-refractivity contribution in [3.63, 3.8) is 0 Å². The molecule has 1 N–H and O–H groups in total. The second kappa shape index (κ2) is 9.14. The number of para-hydroxylation sites is 1. The van der Waals surface area contributed by atoms with Crippen molar-refractivity contribution in [2.75, 3.05) is 11.9 Å². The maximum Gasteiger partial charge on any atom is 0.340 e. The normalized spacial score (nSPS) is 10.5. The molecule has 0 aliphatic rings. The first-order valence-electron chi connectivity index (χ1n) is 8.71. The van der Waals surface area contributed by atoms with E-state index in [0.717, 1.165) is 5.56 Å². The van der Waals surface area contributed by atoms with Crippen molar-refractivity contribution >= 4 is 29.2 Å². The van der Waals surface area contributed by atoms with Crippen molar-refractivity contribution in [2.45, 2.75) is 19.8 Å². The number of benzene rings is 2. The van der Waals surface area contributed by atoms with E-state index >= 15 is 0 Å². The summed E-state index contributed by atoms with van der Waals surface area (Å²) in [5, 5.41) is 7.25. The van der Waals surface area contributed by atoms with Crippen LogP contribution in [-0.2, 0) is 16.0 Å². The molecule has 7 nitrogen and oxygen atoms in total. The summed E-state index contributed by atoms with van der Waals surface area (Å²) in [5.74, 6) is 0.0180. The Morgan fingerprint density at radius 2 is 1.89 bits per heavy atom. The van der Waals surface area contributed by atoms with Crippen molar-refractivity contribution in [2.24, 2.45) is 0 Å². The molecule has 144 valence electrons. The Bertz CT molecular complexity index is 970. The summed E-state index contributed by atoms with van der Waals surface area (Å²) in [7, 11) is 0. The lowest BCUT2D eigenvalue weighted by molar-refractivity contribution is -0.116. The highest BCUT2D eigenvalue weighted by Gasteiger charge is 2.15. The van der Waals surface area contributed by atoms with Gasteiger partial charge in [0.1, 0.15) is 0 Å². The topological polar surface area (TPSA) is 94.3 Å². The Morgan fingerprint density at radius 3 is 2.64 bits per heavy atom. The van der Waals surface area contributed by atoms with Crippen LogP contribution in [0.15, 0.2) is 53.1 Å². The average molecular weight is 400 g/mol. The standard InChI is InChI=1S/C20H18ClN3O4/c1-2-27-20(26)15-5-3-4-6-16(15)22-17(25)11-12-18-23-19(24-28-18)13-7-9-14(21)10-8-13/h3-10H,2,11-12H2,1H3,(H,22,25). The van der Waals surface area contributed by atoms with Crippen LogP contribution in [0.2, 0.25) is 5.02 Å². The second-order valence-corrected chi connectivity index (χ2v) is 6.27. The van der Waals surface area contributed by atoms with E-state index in [9.17, 15) is 9.59 Å². The van der Waals surface area contributed by atoms with E-state index in [2.05, 4.69) is 15.5 Å². The molecule has 3 rings (SSSR count). The van der Waals surface area contributed by atoms with Gasteiger partial charge in [-0.3, -0.25) is 4.79 Å². The number of anilines is 1. The van der Waals surface area contributed by atoms with Gasteiger partial charge in [-0.1, -0.05) is 28.9 Å².